The predicted octanol–water partition coefficient (Wildman–Crippen LogP) is 1.33. The number of halogens is 1. The standard InChI is InChI=1S/C13H20ClN5OS/c14-10-7-11(18-12(15)17-10)16-8-13(1-6-21-9-13)19-2-4-20-5-3-19/h7H,1-6,8-9H2,(H3,15,16,17,18). The number of rotatable bonds is 4. The molecule has 2 fully saturated rings. The van der Waals surface area contributed by atoms with Gasteiger partial charge < -0.3 is 15.8 Å². The Morgan fingerprint density at radius 2 is 2.24 bits per heavy atom. The van der Waals surface area contributed by atoms with Crippen molar-refractivity contribution < 1.29 is 4.74 Å². The Labute approximate surface area is 133 Å². The Morgan fingerprint density at radius 3 is 2.90 bits per heavy atom. The van der Waals surface area contributed by atoms with E-state index in [2.05, 4.69) is 20.2 Å². The summed E-state index contributed by atoms with van der Waals surface area (Å²) in [6.45, 7) is 4.47. The van der Waals surface area contributed by atoms with Crippen molar-refractivity contribution in [2.24, 2.45) is 0 Å². The quantitative estimate of drug-likeness (QED) is 0.807. The molecule has 21 heavy (non-hydrogen) atoms. The molecule has 0 aromatic carbocycles. The number of aromatic nitrogens is 2. The van der Waals surface area contributed by atoms with Crippen LogP contribution in [0.5, 0.6) is 0 Å². The zero-order valence-electron chi connectivity index (χ0n) is 11.8. The van der Waals surface area contributed by atoms with Crippen molar-refractivity contribution in [3.8, 4) is 0 Å². The van der Waals surface area contributed by atoms with Gasteiger partial charge in [0.15, 0.2) is 0 Å². The molecule has 3 N–H and O–H groups in total. The Morgan fingerprint density at radius 1 is 1.43 bits per heavy atom. The van der Waals surface area contributed by atoms with Crippen LogP contribution in [0.25, 0.3) is 0 Å². The van der Waals surface area contributed by atoms with Gasteiger partial charge in [-0.15, -0.1) is 0 Å². The molecule has 0 saturated carbocycles. The molecule has 0 radical (unpaired) electrons. The van der Waals surface area contributed by atoms with Crippen LogP contribution in [0.15, 0.2) is 6.07 Å². The molecule has 1 aromatic rings. The van der Waals surface area contributed by atoms with Crippen molar-refractivity contribution >= 4 is 35.1 Å². The summed E-state index contributed by atoms with van der Waals surface area (Å²) in [4.78, 5) is 10.6. The van der Waals surface area contributed by atoms with E-state index in [4.69, 9.17) is 22.1 Å². The maximum absolute atomic E-state index is 5.93. The van der Waals surface area contributed by atoms with Crippen molar-refractivity contribution in [3.63, 3.8) is 0 Å². The van der Waals surface area contributed by atoms with E-state index in [1.165, 1.54) is 12.2 Å². The predicted molar refractivity (Wildman–Crippen MR) is 87.0 cm³/mol. The monoisotopic (exact) mass is 329 g/mol. The first-order chi connectivity index (χ1) is 10.2. The Balaban J connectivity index is 1.70. The van der Waals surface area contributed by atoms with Gasteiger partial charge in [0.05, 0.1) is 13.2 Å². The number of thioether (sulfide) groups is 1. The normalized spacial score (nSPS) is 26.9. The van der Waals surface area contributed by atoms with E-state index in [0.29, 0.717) is 11.0 Å². The van der Waals surface area contributed by atoms with Gasteiger partial charge in [-0.3, -0.25) is 4.90 Å². The van der Waals surface area contributed by atoms with Crippen molar-refractivity contribution in [2.45, 2.75) is 12.0 Å². The second-order valence-electron chi connectivity index (χ2n) is 5.41. The number of nitrogens with one attached hydrogen (secondary N) is 1. The smallest absolute Gasteiger partial charge is 0.223 e. The van der Waals surface area contributed by atoms with Gasteiger partial charge in [-0.1, -0.05) is 11.6 Å². The first-order valence-corrected chi connectivity index (χ1v) is 8.66. The molecule has 2 aliphatic rings. The average Bonchev–Trinajstić information content (AvgIpc) is 2.95. The molecule has 3 rings (SSSR count). The van der Waals surface area contributed by atoms with Gasteiger partial charge in [0.25, 0.3) is 0 Å². The van der Waals surface area contributed by atoms with E-state index in [-0.39, 0.29) is 11.5 Å². The number of anilines is 2. The fourth-order valence-corrected chi connectivity index (χ4v) is 4.58. The summed E-state index contributed by atoms with van der Waals surface area (Å²) < 4.78 is 5.48. The summed E-state index contributed by atoms with van der Waals surface area (Å²) in [5, 5.41) is 3.76. The molecule has 2 saturated heterocycles. The van der Waals surface area contributed by atoms with Crippen LogP contribution in [-0.2, 0) is 4.74 Å². The number of morpholine rings is 1. The lowest BCUT2D eigenvalue weighted by molar-refractivity contribution is -0.00922. The van der Waals surface area contributed by atoms with E-state index in [9.17, 15) is 0 Å². The van der Waals surface area contributed by atoms with E-state index in [0.717, 1.165) is 38.6 Å². The molecule has 1 aromatic heterocycles. The number of hydrogen-bond donors (Lipinski definition) is 2. The van der Waals surface area contributed by atoms with Crippen molar-refractivity contribution in [2.75, 3.05) is 55.4 Å². The highest BCUT2D eigenvalue weighted by Crippen LogP contribution is 2.34. The number of nitrogens with two attached hydrogens (primary N) is 1. The van der Waals surface area contributed by atoms with E-state index < -0.39 is 0 Å². The first kappa shape index (κ1) is 15.1. The zero-order valence-corrected chi connectivity index (χ0v) is 13.4. The highest BCUT2D eigenvalue weighted by molar-refractivity contribution is 7.99. The van der Waals surface area contributed by atoms with E-state index in [1.54, 1.807) is 6.07 Å². The summed E-state index contributed by atoms with van der Waals surface area (Å²) in [6, 6.07) is 1.72. The number of nitrogen functional groups attached to an aromatic ring is 1. The fraction of sp³-hybridized carbons (Fsp3) is 0.692. The molecule has 1 atom stereocenters. The summed E-state index contributed by atoms with van der Waals surface area (Å²) in [6.07, 6.45) is 1.18. The van der Waals surface area contributed by atoms with Crippen LogP contribution < -0.4 is 11.1 Å². The van der Waals surface area contributed by atoms with Crippen molar-refractivity contribution in [3.05, 3.63) is 11.2 Å². The van der Waals surface area contributed by atoms with Crippen LogP contribution in [0.4, 0.5) is 11.8 Å². The molecule has 0 spiro atoms. The molecule has 1 unspecified atom stereocenters. The minimum Gasteiger partial charge on any atom is -0.379 e. The summed E-state index contributed by atoms with van der Waals surface area (Å²) in [5.74, 6) is 3.23. The molecule has 0 bridgehead atoms. The summed E-state index contributed by atoms with van der Waals surface area (Å²) >= 11 is 7.94. The second kappa shape index (κ2) is 6.56. The Hall–Kier alpha value is -0.760. The summed E-state index contributed by atoms with van der Waals surface area (Å²) in [7, 11) is 0. The topological polar surface area (TPSA) is 76.3 Å². The summed E-state index contributed by atoms with van der Waals surface area (Å²) in [5.41, 5.74) is 5.81. The third kappa shape index (κ3) is 3.53. The first-order valence-electron chi connectivity index (χ1n) is 7.12. The molecule has 6 nitrogen and oxygen atoms in total. The minimum atomic E-state index is 0.167. The van der Waals surface area contributed by atoms with Gasteiger partial charge in [-0.05, 0) is 12.2 Å². The van der Waals surface area contributed by atoms with Crippen molar-refractivity contribution in [1.82, 2.24) is 14.9 Å². The molecule has 0 aliphatic carbocycles. The highest BCUT2D eigenvalue weighted by Gasteiger charge is 2.40. The van der Waals surface area contributed by atoms with Gasteiger partial charge in [0.1, 0.15) is 11.0 Å². The van der Waals surface area contributed by atoms with Crippen molar-refractivity contribution in [1.29, 1.82) is 0 Å². The van der Waals surface area contributed by atoms with Crippen LogP contribution in [-0.4, -0.2) is 64.8 Å². The van der Waals surface area contributed by atoms with Gasteiger partial charge in [0.2, 0.25) is 5.95 Å². The van der Waals surface area contributed by atoms with Crippen LogP contribution in [0, 0.1) is 0 Å². The van der Waals surface area contributed by atoms with Gasteiger partial charge in [-0.25, -0.2) is 4.98 Å². The number of ether oxygens (including phenoxy) is 1. The van der Waals surface area contributed by atoms with E-state index >= 15 is 0 Å². The largest absolute Gasteiger partial charge is 0.379 e. The maximum Gasteiger partial charge on any atom is 0.223 e. The fourth-order valence-electron chi connectivity index (χ4n) is 2.92. The minimum absolute atomic E-state index is 0.167. The van der Waals surface area contributed by atoms with Gasteiger partial charge in [0, 0.05) is 37.0 Å². The van der Waals surface area contributed by atoms with Crippen LogP contribution in [0.1, 0.15) is 6.42 Å². The average molecular weight is 330 g/mol. The lowest BCUT2D eigenvalue weighted by Crippen LogP contribution is -2.57. The lowest BCUT2D eigenvalue weighted by Gasteiger charge is -2.43. The molecular formula is C13H20ClN5OS. The number of nitrogens with zero attached hydrogens (tertiary/aromatic N) is 3. The molecule has 2 aliphatic heterocycles. The molecule has 8 heteroatoms. The Bertz CT molecular complexity index is 471. The molecule has 3 heterocycles. The van der Waals surface area contributed by atoms with Crippen LogP contribution in [0.2, 0.25) is 5.15 Å². The van der Waals surface area contributed by atoms with Gasteiger partial charge in [-0.2, -0.15) is 16.7 Å². The molecular weight excluding hydrogens is 310 g/mol. The molecule has 0 amide bonds. The Kier molecular flexibility index (Phi) is 4.73. The van der Waals surface area contributed by atoms with Gasteiger partial charge >= 0.3 is 0 Å². The zero-order chi connectivity index (χ0) is 14.7. The number of hydrogen-bond acceptors (Lipinski definition) is 7. The third-order valence-electron chi connectivity index (χ3n) is 4.08. The third-order valence-corrected chi connectivity index (χ3v) is 5.50. The maximum atomic E-state index is 5.93. The second-order valence-corrected chi connectivity index (χ2v) is 6.91. The highest BCUT2D eigenvalue weighted by atomic mass is 35.5. The lowest BCUT2D eigenvalue weighted by atomic mass is 9.95. The van der Waals surface area contributed by atoms with Crippen LogP contribution in [0.3, 0.4) is 0 Å². The van der Waals surface area contributed by atoms with E-state index in [1.807, 2.05) is 11.8 Å². The van der Waals surface area contributed by atoms with Crippen LogP contribution >= 0.6 is 23.4 Å². The SMILES string of the molecule is Nc1nc(Cl)cc(NCC2(N3CCOCC3)CCSC2)n1. The molecule has 116 valence electrons.